The molecule has 0 atom stereocenters. The fourth-order valence-corrected chi connectivity index (χ4v) is 2.07. The van der Waals surface area contributed by atoms with E-state index in [1.54, 1.807) is 6.92 Å². The molecular formula is C15H14N4O2. The zero-order chi connectivity index (χ0) is 14.8. The van der Waals surface area contributed by atoms with Crippen LogP contribution < -0.4 is 0 Å². The molecule has 1 N–H and O–H groups in total. The second-order valence-electron chi connectivity index (χ2n) is 4.62. The zero-order valence-corrected chi connectivity index (χ0v) is 11.7. The van der Waals surface area contributed by atoms with Gasteiger partial charge < -0.3 is 5.11 Å². The number of aromatic nitrogens is 4. The van der Waals surface area contributed by atoms with Crippen LogP contribution in [0.3, 0.4) is 0 Å². The van der Waals surface area contributed by atoms with Crippen molar-refractivity contribution in [3.8, 4) is 11.4 Å². The molecule has 0 saturated heterocycles. The first-order valence-electron chi connectivity index (χ1n) is 6.65. The van der Waals surface area contributed by atoms with E-state index < -0.39 is 0 Å². The number of rotatable bonds is 3. The van der Waals surface area contributed by atoms with Crippen molar-refractivity contribution in [2.45, 2.75) is 20.3 Å². The van der Waals surface area contributed by atoms with Crippen molar-refractivity contribution in [2.24, 2.45) is 0 Å². The van der Waals surface area contributed by atoms with Crippen molar-refractivity contribution in [2.75, 3.05) is 0 Å². The van der Waals surface area contributed by atoms with E-state index in [9.17, 15) is 5.11 Å². The Bertz CT molecular complexity index is 809. The largest absolute Gasteiger partial charge is 0.512 e. The number of hydrogen-bond donors (Lipinski definition) is 1. The van der Waals surface area contributed by atoms with Crippen molar-refractivity contribution in [1.29, 1.82) is 0 Å². The van der Waals surface area contributed by atoms with Crippen LogP contribution in [0.5, 0.6) is 0 Å². The fourth-order valence-electron chi connectivity index (χ4n) is 2.07. The van der Waals surface area contributed by atoms with Crippen LogP contribution in [0.25, 0.3) is 28.1 Å². The number of fused-ring (bicyclic) bond motifs is 1. The lowest BCUT2D eigenvalue weighted by atomic mass is 10.1. The summed E-state index contributed by atoms with van der Waals surface area (Å²) in [4.78, 5) is 8.87. The monoisotopic (exact) mass is 282 g/mol. The Morgan fingerprint density at radius 3 is 2.62 bits per heavy atom. The number of aliphatic hydroxyl groups is 1. The number of benzene rings is 1. The smallest absolute Gasteiger partial charge is 0.228 e. The van der Waals surface area contributed by atoms with Gasteiger partial charge >= 0.3 is 0 Å². The van der Waals surface area contributed by atoms with Crippen LogP contribution in [0.4, 0.5) is 0 Å². The lowest BCUT2D eigenvalue weighted by molar-refractivity contribution is 0.314. The Morgan fingerprint density at radius 2 is 1.90 bits per heavy atom. The van der Waals surface area contributed by atoms with Crippen LogP contribution in [-0.4, -0.2) is 25.4 Å². The molecule has 6 nitrogen and oxygen atoms in total. The molecule has 0 unspecified atom stereocenters. The maximum absolute atomic E-state index is 9.98. The van der Waals surface area contributed by atoms with Gasteiger partial charge in [-0.2, -0.15) is 0 Å². The topological polar surface area (TPSA) is 84.9 Å². The van der Waals surface area contributed by atoms with Crippen LogP contribution in [0.1, 0.15) is 26.0 Å². The predicted molar refractivity (Wildman–Crippen MR) is 78.3 cm³/mol. The summed E-state index contributed by atoms with van der Waals surface area (Å²) < 4.78 is 4.75. The first-order chi connectivity index (χ1) is 10.2. The molecule has 2 aromatic heterocycles. The van der Waals surface area contributed by atoms with Gasteiger partial charge in [0.15, 0.2) is 11.3 Å². The van der Waals surface area contributed by atoms with Gasteiger partial charge in [-0.05, 0) is 17.2 Å². The highest BCUT2D eigenvalue weighted by atomic mass is 16.6. The van der Waals surface area contributed by atoms with Crippen molar-refractivity contribution in [1.82, 2.24) is 20.3 Å². The van der Waals surface area contributed by atoms with Crippen molar-refractivity contribution in [3.05, 3.63) is 41.8 Å². The van der Waals surface area contributed by atoms with Crippen molar-refractivity contribution < 1.29 is 9.74 Å². The fraction of sp³-hybridized carbons (Fsp3) is 0.200. The summed E-state index contributed by atoms with van der Waals surface area (Å²) in [6.45, 7) is 3.67. The molecule has 2 heterocycles. The average molecular weight is 282 g/mol. The van der Waals surface area contributed by atoms with E-state index in [2.05, 4.69) is 20.3 Å². The lowest BCUT2D eigenvalue weighted by Crippen LogP contribution is -1.98. The van der Waals surface area contributed by atoms with Crippen LogP contribution in [0, 0.1) is 0 Å². The van der Waals surface area contributed by atoms with Crippen LogP contribution in [0.2, 0.25) is 0 Å². The van der Waals surface area contributed by atoms with Gasteiger partial charge in [-0.15, -0.1) is 0 Å². The average Bonchev–Trinajstić information content (AvgIpc) is 3.01. The summed E-state index contributed by atoms with van der Waals surface area (Å²) in [6, 6.07) is 9.58. The predicted octanol–water partition coefficient (Wildman–Crippen LogP) is 3.38. The molecule has 106 valence electrons. The SMILES string of the molecule is CC/C(O)=C(\C)c1nc(-c2ccccc2)nc2nonc12. The summed E-state index contributed by atoms with van der Waals surface area (Å²) in [5.41, 5.74) is 2.89. The van der Waals surface area contributed by atoms with Gasteiger partial charge in [0.25, 0.3) is 0 Å². The number of hydrogen-bond acceptors (Lipinski definition) is 6. The third-order valence-electron chi connectivity index (χ3n) is 3.28. The van der Waals surface area contributed by atoms with Crippen molar-refractivity contribution in [3.63, 3.8) is 0 Å². The maximum atomic E-state index is 9.98. The summed E-state index contributed by atoms with van der Waals surface area (Å²) >= 11 is 0. The van der Waals surface area contributed by atoms with Crippen molar-refractivity contribution >= 4 is 16.7 Å². The Hall–Kier alpha value is -2.76. The molecule has 21 heavy (non-hydrogen) atoms. The molecule has 0 spiro atoms. The highest BCUT2D eigenvalue weighted by Crippen LogP contribution is 2.26. The minimum Gasteiger partial charge on any atom is -0.512 e. The molecular weight excluding hydrogens is 268 g/mol. The summed E-state index contributed by atoms with van der Waals surface area (Å²) in [5, 5.41) is 17.6. The number of nitrogens with zero attached hydrogens (tertiary/aromatic N) is 4. The summed E-state index contributed by atoms with van der Waals surface area (Å²) in [5.74, 6) is 0.786. The van der Waals surface area contributed by atoms with E-state index in [-0.39, 0.29) is 5.76 Å². The van der Waals surface area contributed by atoms with Gasteiger partial charge in [-0.1, -0.05) is 37.3 Å². The normalized spacial score (nSPS) is 12.5. The molecule has 3 rings (SSSR count). The Balaban J connectivity index is 2.26. The van der Waals surface area contributed by atoms with Crippen LogP contribution >= 0.6 is 0 Å². The van der Waals surface area contributed by atoms with Gasteiger partial charge in [-0.25, -0.2) is 14.6 Å². The van der Waals surface area contributed by atoms with Gasteiger partial charge in [0.2, 0.25) is 5.65 Å². The maximum Gasteiger partial charge on any atom is 0.228 e. The summed E-state index contributed by atoms with van der Waals surface area (Å²) in [6.07, 6.45) is 0.517. The molecule has 0 saturated carbocycles. The van der Waals surface area contributed by atoms with Crippen LogP contribution in [-0.2, 0) is 0 Å². The van der Waals surface area contributed by atoms with E-state index in [1.165, 1.54) is 0 Å². The highest BCUT2D eigenvalue weighted by molar-refractivity contribution is 5.85. The second-order valence-corrected chi connectivity index (χ2v) is 4.62. The molecule has 6 heteroatoms. The molecule has 1 aromatic carbocycles. The third kappa shape index (κ3) is 2.35. The second kappa shape index (κ2) is 5.32. The first-order valence-corrected chi connectivity index (χ1v) is 6.65. The minimum absolute atomic E-state index is 0.261. The third-order valence-corrected chi connectivity index (χ3v) is 3.28. The van der Waals surface area contributed by atoms with Crippen LogP contribution in [0.15, 0.2) is 40.7 Å². The number of aliphatic hydroxyl groups excluding tert-OH is 1. The Labute approximate surface area is 121 Å². The lowest BCUT2D eigenvalue weighted by Gasteiger charge is -2.06. The quantitative estimate of drug-likeness (QED) is 0.741. The molecule has 0 fully saturated rings. The molecule has 0 radical (unpaired) electrons. The molecule has 0 aliphatic heterocycles. The highest BCUT2D eigenvalue weighted by Gasteiger charge is 2.17. The van der Waals surface area contributed by atoms with Gasteiger partial charge in [0, 0.05) is 17.6 Å². The Kier molecular flexibility index (Phi) is 3.35. The van der Waals surface area contributed by atoms with Gasteiger partial charge in [-0.3, -0.25) is 0 Å². The van der Waals surface area contributed by atoms with E-state index in [4.69, 9.17) is 4.63 Å². The molecule has 0 aliphatic rings. The van der Waals surface area contributed by atoms with E-state index in [1.807, 2.05) is 37.3 Å². The van der Waals surface area contributed by atoms with Gasteiger partial charge in [0.1, 0.15) is 5.69 Å². The molecule has 0 aliphatic carbocycles. The first kappa shape index (κ1) is 13.2. The Morgan fingerprint density at radius 1 is 1.14 bits per heavy atom. The van der Waals surface area contributed by atoms with E-state index in [0.29, 0.717) is 34.7 Å². The molecule has 3 aromatic rings. The van der Waals surface area contributed by atoms with E-state index >= 15 is 0 Å². The minimum atomic E-state index is 0.261. The number of allylic oxidation sites excluding steroid dienone is 2. The molecule has 0 amide bonds. The van der Waals surface area contributed by atoms with Gasteiger partial charge in [0.05, 0.1) is 5.76 Å². The standard InChI is InChI=1S/C15H14N4O2/c1-3-11(20)9(2)12-13-15(19-21-18-13)17-14(16-12)10-7-5-4-6-8-10/h4-8,20H,3H2,1-2H3/b11-9-. The van der Waals surface area contributed by atoms with E-state index in [0.717, 1.165) is 5.56 Å². The molecule has 0 bridgehead atoms. The summed E-state index contributed by atoms with van der Waals surface area (Å²) in [7, 11) is 0. The zero-order valence-electron chi connectivity index (χ0n) is 11.7.